The van der Waals surface area contributed by atoms with Gasteiger partial charge in [0.1, 0.15) is 6.04 Å². The molecule has 0 aromatic carbocycles. The smallest absolute Gasteiger partial charge is 0.324 e. The molecule has 1 saturated heterocycles. The molecule has 2 rings (SSSR count). The van der Waals surface area contributed by atoms with Gasteiger partial charge in [-0.15, -0.1) is 0 Å². The largest absolute Gasteiger partial charge is 0.465 e. The monoisotopic (exact) mass is 297 g/mol. The van der Waals surface area contributed by atoms with Crippen LogP contribution in [0.15, 0.2) is 0 Å². The zero-order valence-electron chi connectivity index (χ0n) is 13.8. The molecule has 1 saturated carbocycles. The van der Waals surface area contributed by atoms with Gasteiger partial charge in [0.25, 0.3) is 0 Å². The Hall–Kier alpha value is -0.650. The van der Waals surface area contributed by atoms with Gasteiger partial charge in [-0.2, -0.15) is 0 Å². The molecule has 1 unspecified atom stereocenters. The number of carbonyl (C=O) groups is 1. The highest BCUT2D eigenvalue weighted by Gasteiger charge is 2.28. The summed E-state index contributed by atoms with van der Waals surface area (Å²) in [7, 11) is 0. The maximum atomic E-state index is 12.0. The first-order valence-corrected chi connectivity index (χ1v) is 8.46. The predicted molar refractivity (Wildman–Crippen MR) is 84.3 cm³/mol. The summed E-state index contributed by atoms with van der Waals surface area (Å²) in [6.07, 6.45) is 2.84. The number of rotatable bonds is 8. The van der Waals surface area contributed by atoms with E-state index in [0.29, 0.717) is 6.61 Å². The third-order valence-corrected chi connectivity index (χ3v) is 4.22. The minimum atomic E-state index is -0.208. The number of ether oxygens (including phenoxy) is 1. The minimum absolute atomic E-state index is 0.119. The van der Waals surface area contributed by atoms with Gasteiger partial charge in [0.15, 0.2) is 0 Å². The molecule has 1 atom stereocenters. The maximum Gasteiger partial charge on any atom is 0.324 e. The van der Waals surface area contributed by atoms with Crippen LogP contribution in [-0.4, -0.2) is 73.7 Å². The molecule has 0 aromatic heterocycles. The number of esters is 1. The van der Waals surface area contributed by atoms with Crippen molar-refractivity contribution in [1.29, 1.82) is 0 Å². The van der Waals surface area contributed by atoms with E-state index in [0.717, 1.165) is 38.6 Å². The first-order chi connectivity index (χ1) is 10.1. The van der Waals surface area contributed by atoms with Crippen LogP contribution in [0, 0.1) is 5.92 Å². The Kier molecular flexibility index (Phi) is 6.45. The van der Waals surface area contributed by atoms with E-state index >= 15 is 0 Å². The van der Waals surface area contributed by atoms with Gasteiger partial charge < -0.3 is 15.0 Å². The molecule has 1 N–H and O–H groups in total. The Morgan fingerprint density at radius 3 is 2.33 bits per heavy atom. The summed E-state index contributed by atoms with van der Waals surface area (Å²) in [5.41, 5.74) is 0. The predicted octanol–water partition coefficient (Wildman–Crippen LogP) is 0.944. The lowest BCUT2D eigenvalue weighted by atomic mass is 10.2. The van der Waals surface area contributed by atoms with Gasteiger partial charge in [0.2, 0.25) is 0 Å². The molecule has 2 fully saturated rings. The summed E-state index contributed by atoms with van der Waals surface area (Å²) in [6, 6.07) is 0.0792. The van der Waals surface area contributed by atoms with E-state index in [9.17, 15) is 4.79 Å². The summed E-state index contributed by atoms with van der Waals surface area (Å²) in [5, 5.41) is 3.34. The molecule has 5 nitrogen and oxygen atoms in total. The highest BCUT2D eigenvalue weighted by atomic mass is 16.5. The van der Waals surface area contributed by atoms with Crippen molar-refractivity contribution in [2.75, 3.05) is 45.9 Å². The van der Waals surface area contributed by atoms with Gasteiger partial charge >= 0.3 is 5.97 Å². The van der Waals surface area contributed by atoms with E-state index in [-0.39, 0.29) is 18.1 Å². The fourth-order valence-electron chi connectivity index (χ4n) is 2.92. The summed E-state index contributed by atoms with van der Waals surface area (Å²) < 4.78 is 5.19. The third kappa shape index (κ3) is 5.93. The maximum absolute atomic E-state index is 12.0. The van der Waals surface area contributed by atoms with E-state index in [2.05, 4.69) is 29.0 Å². The SMILES string of the molecule is CCOC(=O)C(CN1CCN(CC2CC2)CC1)NC(C)C. The summed E-state index contributed by atoms with van der Waals surface area (Å²) in [4.78, 5) is 17.0. The molecule has 5 heteroatoms. The molecule has 0 radical (unpaired) electrons. The van der Waals surface area contributed by atoms with Gasteiger partial charge in [0, 0.05) is 45.3 Å². The van der Waals surface area contributed by atoms with Crippen LogP contribution in [0.5, 0.6) is 0 Å². The standard InChI is InChI=1S/C16H31N3O2/c1-4-21-16(20)15(17-13(2)3)12-19-9-7-18(8-10-19)11-14-5-6-14/h13-15,17H,4-12H2,1-3H3. The van der Waals surface area contributed by atoms with E-state index < -0.39 is 0 Å². The van der Waals surface area contributed by atoms with E-state index in [4.69, 9.17) is 4.74 Å². The van der Waals surface area contributed by atoms with Crippen molar-refractivity contribution in [3.05, 3.63) is 0 Å². The minimum Gasteiger partial charge on any atom is -0.465 e. The van der Waals surface area contributed by atoms with Crippen molar-refractivity contribution < 1.29 is 9.53 Å². The highest BCUT2D eigenvalue weighted by molar-refractivity contribution is 5.76. The molecule has 2 aliphatic rings. The molecule has 0 aromatic rings. The summed E-state index contributed by atoms with van der Waals surface area (Å²) in [6.45, 7) is 12.9. The first kappa shape index (κ1) is 16.7. The molecular formula is C16H31N3O2. The Labute approximate surface area is 129 Å². The Morgan fingerprint density at radius 2 is 1.81 bits per heavy atom. The van der Waals surface area contributed by atoms with Gasteiger partial charge in [-0.1, -0.05) is 13.8 Å². The summed E-state index contributed by atoms with van der Waals surface area (Å²) in [5.74, 6) is 0.845. The zero-order valence-corrected chi connectivity index (χ0v) is 13.8. The second-order valence-corrected chi connectivity index (χ2v) is 6.67. The van der Waals surface area contributed by atoms with Crippen molar-refractivity contribution in [2.45, 2.75) is 45.7 Å². The summed E-state index contributed by atoms with van der Waals surface area (Å²) >= 11 is 0. The lowest BCUT2D eigenvalue weighted by Crippen LogP contribution is -2.54. The van der Waals surface area contributed by atoms with Crippen molar-refractivity contribution in [3.8, 4) is 0 Å². The van der Waals surface area contributed by atoms with Crippen molar-refractivity contribution in [2.24, 2.45) is 5.92 Å². The number of nitrogens with zero attached hydrogens (tertiary/aromatic N) is 2. The lowest BCUT2D eigenvalue weighted by molar-refractivity contribution is -0.146. The van der Waals surface area contributed by atoms with Crippen LogP contribution in [0.4, 0.5) is 0 Å². The molecule has 21 heavy (non-hydrogen) atoms. The molecule has 1 aliphatic carbocycles. The van der Waals surface area contributed by atoms with Gasteiger partial charge in [0.05, 0.1) is 6.61 Å². The fraction of sp³-hybridized carbons (Fsp3) is 0.938. The van der Waals surface area contributed by atoms with Gasteiger partial charge in [-0.05, 0) is 25.7 Å². The molecule has 122 valence electrons. The quantitative estimate of drug-likeness (QED) is 0.676. The number of hydrogen-bond acceptors (Lipinski definition) is 5. The van der Waals surface area contributed by atoms with E-state index in [1.54, 1.807) is 0 Å². The molecule has 0 amide bonds. The first-order valence-electron chi connectivity index (χ1n) is 8.46. The van der Waals surface area contributed by atoms with Crippen LogP contribution in [0.2, 0.25) is 0 Å². The third-order valence-electron chi connectivity index (χ3n) is 4.22. The average Bonchev–Trinajstić information content (AvgIpc) is 3.24. The van der Waals surface area contributed by atoms with E-state index in [1.165, 1.54) is 19.4 Å². The molecule has 1 heterocycles. The highest BCUT2D eigenvalue weighted by Crippen LogP contribution is 2.29. The van der Waals surface area contributed by atoms with Crippen molar-refractivity contribution in [3.63, 3.8) is 0 Å². The lowest BCUT2D eigenvalue weighted by Gasteiger charge is -2.36. The van der Waals surface area contributed by atoms with Crippen LogP contribution in [0.1, 0.15) is 33.6 Å². The van der Waals surface area contributed by atoms with Crippen LogP contribution in [0.3, 0.4) is 0 Å². The number of nitrogens with one attached hydrogen (secondary N) is 1. The molecule has 0 bridgehead atoms. The normalized spacial score (nSPS) is 22.5. The van der Waals surface area contributed by atoms with Crippen LogP contribution in [-0.2, 0) is 9.53 Å². The number of hydrogen-bond donors (Lipinski definition) is 1. The number of carbonyl (C=O) groups excluding carboxylic acids is 1. The second kappa shape index (κ2) is 8.11. The average molecular weight is 297 g/mol. The van der Waals surface area contributed by atoms with Crippen molar-refractivity contribution in [1.82, 2.24) is 15.1 Å². The number of piperazine rings is 1. The Morgan fingerprint density at radius 1 is 1.19 bits per heavy atom. The molecule has 0 spiro atoms. The van der Waals surface area contributed by atoms with Crippen LogP contribution >= 0.6 is 0 Å². The molecule has 1 aliphatic heterocycles. The van der Waals surface area contributed by atoms with Crippen LogP contribution in [0.25, 0.3) is 0 Å². The van der Waals surface area contributed by atoms with Gasteiger partial charge in [-0.25, -0.2) is 0 Å². The van der Waals surface area contributed by atoms with E-state index in [1.807, 2.05) is 6.92 Å². The fourth-order valence-corrected chi connectivity index (χ4v) is 2.92. The van der Waals surface area contributed by atoms with Crippen molar-refractivity contribution >= 4 is 5.97 Å². The Bertz CT molecular complexity index is 323. The molecular weight excluding hydrogens is 266 g/mol. The van der Waals surface area contributed by atoms with Crippen LogP contribution < -0.4 is 5.32 Å². The second-order valence-electron chi connectivity index (χ2n) is 6.67. The topological polar surface area (TPSA) is 44.8 Å². The Balaban J connectivity index is 1.75. The zero-order chi connectivity index (χ0) is 15.2. The van der Waals surface area contributed by atoms with Gasteiger partial charge in [-0.3, -0.25) is 9.69 Å².